The minimum absolute atomic E-state index is 0.0309. The van der Waals surface area contributed by atoms with E-state index in [1.807, 2.05) is 19.1 Å². The molecule has 0 fully saturated rings. The first-order valence-corrected chi connectivity index (χ1v) is 9.47. The fourth-order valence-corrected chi connectivity index (χ4v) is 3.13. The highest BCUT2D eigenvalue weighted by atomic mass is 19.4. The maximum Gasteiger partial charge on any atom is 0.417 e. The number of aryl methyl sites for hydroxylation is 1. The standard InChI is InChI=1S/C22H20F3N5O/c1-13-9-16-10-15(3-6-19(16)29-20(13)27)21(31)30(14(2)7-8-26)12-18-5-4-17(11-28-18)22(23,24)25/h3-6,9-11,14H,7,12H2,1-2H3,(H2,27,29)/t14-/m0/s1. The summed E-state index contributed by atoms with van der Waals surface area (Å²) in [6.45, 7) is 3.49. The molecule has 3 rings (SSSR count). The lowest BCUT2D eigenvalue weighted by atomic mass is 10.1. The van der Waals surface area contributed by atoms with E-state index in [-0.39, 0.29) is 24.6 Å². The largest absolute Gasteiger partial charge is 0.417 e. The molecule has 0 unspecified atom stereocenters. The number of anilines is 1. The number of carbonyl (C=O) groups excluding carboxylic acids is 1. The van der Waals surface area contributed by atoms with Gasteiger partial charge in [-0.2, -0.15) is 18.4 Å². The Bertz CT molecular complexity index is 1150. The molecule has 160 valence electrons. The van der Waals surface area contributed by atoms with Gasteiger partial charge >= 0.3 is 6.18 Å². The Morgan fingerprint density at radius 1 is 1.26 bits per heavy atom. The second-order valence-electron chi connectivity index (χ2n) is 7.28. The van der Waals surface area contributed by atoms with E-state index < -0.39 is 17.8 Å². The van der Waals surface area contributed by atoms with E-state index in [9.17, 15) is 18.0 Å². The highest BCUT2D eigenvalue weighted by Gasteiger charge is 2.31. The van der Waals surface area contributed by atoms with Gasteiger partial charge in [0.1, 0.15) is 5.82 Å². The van der Waals surface area contributed by atoms with E-state index in [4.69, 9.17) is 11.0 Å². The van der Waals surface area contributed by atoms with Crippen LogP contribution in [0.4, 0.5) is 19.0 Å². The van der Waals surface area contributed by atoms with Crippen molar-refractivity contribution in [1.82, 2.24) is 14.9 Å². The number of nitriles is 1. The molecule has 2 heterocycles. The molecule has 9 heteroatoms. The lowest BCUT2D eigenvalue weighted by molar-refractivity contribution is -0.137. The van der Waals surface area contributed by atoms with Gasteiger partial charge in [0.05, 0.1) is 35.8 Å². The molecule has 6 nitrogen and oxygen atoms in total. The first-order valence-electron chi connectivity index (χ1n) is 9.47. The number of fused-ring (bicyclic) bond motifs is 1. The zero-order valence-electron chi connectivity index (χ0n) is 16.9. The van der Waals surface area contributed by atoms with Crippen LogP contribution in [0.15, 0.2) is 42.6 Å². The van der Waals surface area contributed by atoms with Gasteiger partial charge in [-0.05, 0) is 55.8 Å². The Kier molecular flexibility index (Phi) is 6.11. The van der Waals surface area contributed by atoms with Crippen LogP contribution < -0.4 is 5.73 Å². The van der Waals surface area contributed by atoms with Crippen LogP contribution in [-0.2, 0) is 12.7 Å². The molecule has 0 aliphatic rings. The van der Waals surface area contributed by atoms with Crippen LogP contribution in [0.2, 0.25) is 0 Å². The van der Waals surface area contributed by atoms with Gasteiger partial charge in [-0.25, -0.2) is 4.98 Å². The fraction of sp³-hybridized carbons (Fsp3) is 0.273. The predicted molar refractivity (Wildman–Crippen MR) is 110 cm³/mol. The fourth-order valence-electron chi connectivity index (χ4n) is 3.13. The molecule has 0 aliphatic heterocycles. The number of hydrogen-bond donors (Lipinski definition) is 1. The monoisotopic (exact) mass is 427 g/mol. The lowest BCUT2D eigenvalue weighted by Crippen LogP contribution is -2.38. The molecule has 0 saturated heterocycles. The van der Waals surface area contributed by atoms with Crippen molar-refractivity contribution in [2.24, 2.45) is 0 Å². The van der Waals surface area contributed by atoms with Crippen molar-refractivity contribution in [2.45, 2.75) is 39.0 Å². The van der Waals surface area contributed by atoms with Crippen LogP contribution in [0.3, 0.4) is 0 Å². The van der Waals surface area contributed by atoms with E-state index in [1.165, 1.54) is 11.0 Å². The highest BCUT2D eigenvalue weighted by Crippen LogP contribution is 2.28. The topological polar surface area (TPSA) is 95.9 Å². The molecule has 0 saturated carbocycles. The van der Waals surface area contributed by atoms with Gasteiger partial charge in [-0.3, -0.25) is 9.78 Å². The summed E-state index contributed by atoms with van der Waals surface area (Å²) in [6, 6.07) is 10.5. The summed E-state index contributed by atoms with van der Waals surface area (Å²) in [4.78, 5) is 22.8. The average Bonchev–Trinajstić information content (AvgIpc) is 2.72. The molecule has 3 aromatic rings. The number of halogens is 3. The van der Waals surface area contributed by atoms with Gasteiger partial charge in [0.15, 0.2) is 0 Å². The maximum absolute atomic E-state index is 13.3. The minimum atomic E-state index is -4.49. The third kappa shape index (κ3) is 4.91. The zero-order chi connectivity index (χ0) is 22.8. The number of rotatable bonds is 5. The van der Waals surface area contributed by atoms with E-state index in [0.717, 1.165) is 23.2 Å². The van der Waals surface area contributed by atoms with Gasteiger partial charge in [0.2, 0.25) is 0 Å². The molecular weight excluding hydrogens is 407 g/mol. The lowest BCUT2D eigenvalue weighted by Gasteiger charge is -2.28. The van der Waals surface area contributed by atoms with E-state index >= 15 is 0 Å². The number of carbonyl (C=O) groups is 1. The van der Waals surface area contributed by atoms with Crippen molar-refractivity contribution in [2.75, 3.05) is 5.73 Å². The zero-order valence-corrected chi connectivity index (χ0v) is 16.9. The Labute approximate surface area is 177 Å². The number of hydrogen-bond acceptors (Lipinski definition) is 5. The third-order valence-electron chi connectivity index (χ3n) is 4.96. The van der Waals surface area contributed by atoms with Crippen LogP contribution in [0.5, 0.6) is 0 Å². The number of aromatic nitrogens is 2. The minimum Gasteiger partial charge on any atom is -0.383 e. The summed E-state index contributed by atoms with van der Waals surface area (Å²) in [6.07, 6.45) is -3.69. The molecule has 0 bridgehead atoms. The number of pyridine rings is 2. The Morgan fingerprint density at radius 2 is 2.00 bits per heavy atom. The average molecular weight is 427 g/mol. The van der Waals surface area contributed by atoms with E-state index in [2.05, 4.69) is 9.97 Å². The third-order valence-corrected chi connectivity index (χ3v) is 4.96. The summed E-state index contributed by atoms with van der Waals surface area (Å²) >= 11 is 0. The van der Waals surface area contributed by atoms with Gasteiger partial charge in [0.25, 0.3) is 5.91 Å². The number of benzene rings is 1. The van der Waals surface area contributed by atoms with Gasteiger partial charge in [-0.15, -0.1) is 0 Å². The van der Waals surface area contributed by atoms with Crippen LogP contribution in [0, 0.1) is 18.3 Å². The Morgan fingerprint density at radius 3 is 2.61 bits per heavy atom. The van der Waals surface area contributed by atoms with Crippen molar-refractivity contribution >= 4 is 22.6 Å². The summed E-state index contributed by atoms with van der Waals surface area (Å²) in [5.41, 5.74) is 7.05. The molecule has 1 atom stereocenters. The summed E-state index contributed by atoms with van der Waals surface area (Å²) in [5.74, 6) is 0.0463. The van der Waals surface area contributed by atoms with Crippen LogP contribution in [0.1, 0.15) is 40.5 Å². The number of alkyl halides is 3. The number of amides is 1. The molecule has 2 N–H and O–H groups in total. The Balaban J connectivity index is 1.93. The summed E-state index contributed by atoms with van der Waals surface area (Å²) in [5, 5.41) is 9.81. The van der Waals surface area contributed by atoms with Crippen molar-refractivity contribution < 1.29 is 18.0 Å². The molecule has 31 heavy (non-hydrogen) atoms. The van der Waals surface area contributed by atoms with Crippen molar-refractivity contribution in [3.05, 3.63) is 65.0 Å². The van der Waals surface area contributed by atoms with Gasteiger partial charge < -0.3 is 10.6 Å². The normalized spacial score (nSPS) is 12.4. The van der Waals surface area contributed by atoms with E-state index in [1.54, 1.807) is 25.1 Å². The molecule has 0 spiro atoms. The van der Waals surface area contributed by atoms with Crippen LogP contribution >= 0.6 is 0 Å². The second kappa shape index (κ2) is 8.60. The quantitative estimate of drug-likeness (QED) is 0.648. The first kappa shape index (κ1) is 22.0. The second-order valence-corrected chi connectivity index (χ2v) is 7.28. The molecule has 0 radical (unpaired) electrons. The molecule has 1 aromatic carbocycles. The number of nitrogens with zero attached hydrogens (tertiary/aromatic N) is 4. The number of nitrogen functional groups attached to an aromatic ring is 1. The SMILES string of the molecule is Cc1cc2cc(C(=O)N(Cc3ccc(C(F)(F)F)cn3)[C@@H](C)CC#N)ccc2nc1N. The van der Waals surface area contributed by atoms with Crippen LogP contribution in [-0.4, -0.2) is 26.8 Å². The predicted octanol–water partition coefficient (Wildman–Crippen LogP) is 4.48. The number of nitrogens with two attached hydrogens (primary N) is 1. The van der Waals surface area contributed by atoms with Crippen molar-refractivity contribution in [3.63, 3.8) is 0 Å². The van der Waals surface area contributed by atoms with Gasteiger partial charge in [-0.1, -0.05) is 0 Å². The Hall–Kier alpha value is -3.67. The van der Waals surface area contributed by atoms with E-state index in [0.29, 0.717) is 16.9 Å². The smallest absolute Gasteiger partial charge is 0.383 e. The summed E-state index contributed by atoms with van der Waals surface area (Å²) in [7, 11) is 0. The van der Waals surface area contributed by atoms with Gasteiger partial charge in [0, 0.05) is 23.2 Å². The first-order chi connectivity index (χ1) is 14.6. The molecule has 1 amide bonds. The van der Waals surface area contributed by atoms with Crippen molar-refractivity contribution in [3.8, 4) is 6.07 Å². The molecule has 2 aromatic heterocycles. The van der Waals surface area contributed by atoms with Crippen molar-refractivity contribution in [1.29, 1.82) is 5.26 Å². The summed E-state index contributed by atoms with van der Waals surface area (Å²) < 4.78 is 38.4. The molecular formula is C22H20F3N5O. The van der Waals surface area contributed by atoms with Crippen LogP contribution in [0.25, 0.3) is 10.9 Å². The maximum atomic E-state index is 13.3. The highest BCUT2D eigenvalue weighted by molar-refractivity contribution is 5.98. The molecule has 0 aliphatic carbocycles.